The van der Waals surface area contributed by atoms with E-state index >= 15 is 0 Å². The minimum absolute atomic E-state index is 0.412. The Hall–Kier alpha value is -2.23. The summed E-state index contributed by atoms with van der Waals surface area (Å²) < 4.78 is 11.4. The molecule has 1 aromatic carbocycles. The maximum atomic E-state index is 5.88. The zero-order chi connectivity index (χ0) is 15.4. The monoisotopic (exact) mass is 286 g/mol. The Morgan fingerprint density at radius 2 is 1.90 bits per heavy atom. The highest BCUT2D eigenvalue weighted by molar-refractivity contribution is 5.50. The molecule has 0 radical (unpaired) electrons. The molecule has 0 spiro atoms. The summed E-state index contributed by atoms with van der Waals surface area (Å²) in [4.78, 5) is 4.33. The maximum Gasteiger partial charge on any atom is 0.240 e. The van der Waals surface area contributed by atoms with E-state index in [1.807, 2.05) is 19.1 Å². The molecule has 0 aliphatic heterocycles. The molecule has 2 aromatic rings. The van der Waals surface area contributed by atoms with E-state index in [9.17, 15) is 0 Å². The van der Waals surface area contributed by atoms with Crippen LogP contribution >= 0.6 is 0 Å². The van der Waals surface area contributed by atoms with Crippen molar-refractivity contribution in [3.63, 3.8) is 0 Å². The van der Waals surface area contributed by atoms with Crippen molar-refractivity contribution < 1.29 is 9.47 Å². The minimum Gasteiger partial charge on any atom is -0.476 e. The number of hydrogen-bond donors (Lipinski definition) is 1. The maximum absolute atomic E-state index is 5.88. The molecule has 112 valence electrons. The smallest absolute Gasteiger partial charge is 0.240 e. The molecular weight excluding hydrogens is 264 g/mol. The van der Waals surface area contributed by atoms with E-state index in [0.29, 0.717) is 30.0 Å². The lowest BCUT2D eigenvalue weighted by Gasteiger charge is -2.12. The lowest BCUT2D eigenvalue weighted by Crippen LogP contribution is -2.07. The first-order valence-corrected chi connectivity index (χ1v) is 7.10. The molecule has 0 fully saturated rings. The van der Waals surface area contributed by atoms with Gasteiger partial charge >= 0.3 is 0 Å². The quantitative estimate of drug-likeness (QED) is 0.898. The average Bonchev–Trinajstić information content (AvgIpc) is 2.42. The molecule has 1 heterocycles. The highest BCUT2D eigenvalue weighted by atomic mass is 16.5. The highest BCUT2D eigenvalue weighted by Crippen LogP contribution is 2.28. The van der Waals surface area contributed by atoms with Gasteiger partial charge in [0.2, 0.25) is 11.8 Å². The third kappa shape index (κ3) is 4.12. The summed E-state index contributed by atoms with van der Waals surface area (Å²) >= 11 is 0. The summed E-state index contributed by atoms with van der Waals surface area (Å²) in [7, 11) is 0. The number of anilines is 1. The molecule has 0 atom stereocenters. The predicted octanol–water partition coefficient (Wildman–Crippen LogP) is 4.11. The van der Waals surface area contributed by atoms with Gasteiger partial charge in [-0.25, -0.2) is 0 Å². The van der Waals surface area contributed by atoms with Crippen LogP contribution in [0.15, 0.2) is 30.3 Å². The first-order chi connectivity index (χ1) is 9.95. The van der Waals surface area contributed by atoms with Gasteiger partial charge in [-0.3, -0.25) is 0 Å². The molecule has 0 amide bonds. The molecule has 0 saturated heterocycles. The van der Waals surface area contributed by atoms with Crippen molar-refractivity contribution in [3.8, 4) is 17.5 Å². The zero-order valence-corrected chi connectivity index (χ0v) is 13.0. The molecule has 0 saturated carbocycles. The van der Waals surface area contributed by atoms with Crippen LogP contribution in [0.1, 0.15) is 25.0 Å². The second kappa shape index (κ2) is 6.48. The fraction of sp³-hybridized carbons (Fsp3) is 0.353. The molecule has 2 rings (SSSR count). The summed E-state index contributed by atoms with van der Waals surface area (Å²) in [6.07, 6.45) is 0. The van der Waals surface area contributed by atoms with Crippen molar-refractivity contribution in [1.82, 2.24) is 4.98 Å². The molecule has 2 N–H and O–H groups in total. The number of rotatable bonds is 5. The lowest BCUT2D eigenvalue weighted by molar-refractivity contribution is 0.260. The van der Waals surface area contributed by atoms with Crippen molar-refractivity contribution in [3.05, 3.63) is 41.5 Å². The van der Waals surface area contributed by atoms with Gasteiger partial charge < -0.3 is 15.2 Å². The number of aryl methyl sites for hydroxylation is 2. The highest BCUT2D eigenvalue weighted by Gasteiger charge is 2.08. The first kappa shape index (κ1) is 15.2. The molecule has 0 aliphatic rings. The van der Waals surface area contributed by atoms with Gasteiger partial charge in [0.1, 0.15) is 5.75 Å². The number of aromatic nitrogens is 1. The molecular formula is C17H22N2O2. The Morgan fingerprint density at radius 3 is 2.57 bits per heavy atom. The SMILES string of the molecule is Cc1ccc(Oc2ccc(N)c(OCC(C)C)n2)c(C)c1. The number of hydrogen-bond acceptors (Lipinski definition) is 4. The average molecular weight is 286 g/mol. The van der Waals surface area contributed by atoms with Crippen molar-refractivity contribution in [1.29, 1.82) is 0 Å². The number of nitrogens with two attached hydrogens (primary N) is 1. The van der Waals surface area contributed by atoms with E-state index in [1.54, 1.807) is 12.1 Å². The van der Waals surface area contributed by atoms with Crippen LogP contribution in [0.3, 0.4) is 0 Å². The van der Waals surface area contributed by atoms with E-state index in [-0.39, 0.29) is 0 Å². The third-order valence-electron chi connectivity index (χ3n) is 2.96. The Balaban J connectivity index is 2.18. The Kier molecular flexibility index (Phi) is 4.68. The van der Waals surface area contributed by atoms with E-state index in [4.69, 9.17) is 15.2 Å². The topological polar surface area (TPSA) is 57.4 Å². The summed E-state index contributed by atoms with van der Waals surface area (Å²) in [6, 6.07) is 9.52. The fourth-order valence-electron chi connectivity index (χ4n) is 1.88. The third-order valence-corrected chi connectivity index (χ3v) is 2.96. The predicted molar refractivity (Wildman–Crippen MR) is 85.0 cm³/mol. The number of benzene rings is 1. The molecule has 21 heavy (non-hydrogen) atoms. The van der Waals surface area contributed by atoms with E-state index in [0.717, 1.165) is 11.3 Å². The second-order valence-electron chi connectivity index (χ2n) is 5.62. The van der Waals surface area contributed by atoms with Crippen LogP contribution in [-0.2, 0) is 0 Å². The minimum atomic E-state index is 0.412. The normalized spacial score (nSPS) is 10.7. The molecule has 4 heteroatoms. The summed E-state index contributed by atoms with van der Waals surface area (Å²) in [5.74, 6) is 2.10. The van der Waals surface area contributed by atoms with Gasteiger partial charge in [-0.1, -0.05) is 31.5 Å². The van der Waals surface area contributed by atoms with Gasteiger partial charge in [0.05, 0.1) is 12.3 Å². The molecule has 1 aromatic heterocycles. The van der Waals surface area contributed by atoms with Crippen molar-refractivity contribution >= 4 is 5.69 Å². The number of pyridine rings is 1. The van der Waals surface area contributed by atoms with Crippen molar-refractivity contribution in [2.75, 3.05) is 12.3 Å². The second-order valence-corrected chi connectivity index (χ2v) is 5.62. The van der Waals surface area contributed by atoms with Crippen LogP contribution in [0.4, 0.5) is 5.69 Å². The number of ether oxygens (including phenoxy) is 2. The molecule has 0 unspecified atom stereocenters. The number of nitrogens with zero attached hydrogens (tertiary/aromatic N) is 1. The Bertz CT molecular complexity index is 624. The van der Waals surface area contributed by atoms with Crippen LogP contribution in [0.5, 0.6) is 17.5 Å². The van der Waals surface area contributed by atoms with E-state index in [1.165, 1.54) is 5.56 Å². The van der Waals surface area contributed by atoms with Gasteiger partial charge in [-0.15, -0.1) is 0 Å². The molecule has 0 aliphatic carbocycles. The van der Waals surface area contributed by atoms with Crippen LogP contribution < -0.4 is 15.2 Å². The lowest BCUT2D eigenvalue weighted by atomic mass is 10.1. The van der Waals surface area contributed by atoms with Crippen molar-refractivity contribution in [2.45, 2.75) is 27.7 Å². The van der Waals surface area contributed by atoms with Gasteiger partial charge in [-0.2, -0.15) is 4.98 Å². The standard InChI is InChI=1S/C17H22N2O2/c1-11(2)10-20-17-14(18)6-8-16(19-17)21-15-7-5-12(3)9-13(15)4/h5-9,11H,10,18H2,1-4H3. The molecule has 4 nitrogen and oxygen atoms in total. The van der Waals surface area contributed by atoms with E-state index in [2.05, 4.69) is 31.8 Å². The summed E-state index contributed by atoms with van der Waals surface area (Å²) in [5.41, 5.74) is 8.66. The zero-order valence-electron chi connectivity index (χ0n) is 13.0. The Morgan fingerprint density at radius 1 is 1.14 bits per heavy atom. The van der Waals surface area contributed by atoms with Gasteiger partial charge in [-0.05, 0) is 37.5 Å². The van der Waals surface area contributed by atoms with E-state index < -0.39 is 0 Å². The largest absolute Gasteiger partial charge is 0.476 e. The van der Waals surface area contributed by atoms with Crippen LogP contribution in [0.25, 0.3) is 0 Å². The molecule has 0 bridgehead atoms. The van der Waals surface area contributed by atoms with Crippen molar-refractivity contribution in [2.24, 2.45) is 5.92 Å². The van der Waals surface area contributed by atoms with Crippen LogP contribution in [-0.4, -0.2) is 11.6 Å². The van der Waals surface area contributed by atoms with Crippen LogP contribution in [0.2, 0.25) is 0 Å². The first-order valence-electron chi connectivity index (χ1n) is 7.10. The summed E-state index contributed by atoms with van der Waals surface area (Å²) in [6.45, 7) is 8.79. The Labute approximate surface area is 125 Å². The van der Waals surface area contributed by atoms with Gasteiger partial charge in [0.25, 0.3) is 0 Å². The fourth-order valence-corrected chi connectivity index (χ4v) is 1.88. The van der Waals surface area contributed by atoms with Gasteiger partial charge in [0.15, 0.2) is 0 Å². The van der Waals surface area contributed by atoms with Crippen LogP contribution in [0, 0.1) is 19.8 Å². The summed E-state index contributed by atoms with van der Waals surface area (Å²) in [5, 5.41) is 0. The number of nitrogen functional groups attached to an aromatic ring is 1. The van der Waals surface area contributed by atoms with Gasteiger partial charge in [0, 0.05) is 6.07 Å².